The number of carboxylic acid groups (broad SMARTS) is 1. The van der Waals surface area contributed by atoms with Crippen molar-refractivity contribution in [3.05, 3.63) is 46.5 Å². The fraction of sp³-hybridized carbons (Fsp3) is 0.375. The van der Waals surface area contributed by atoms with E-state index in [9.17, 15) is 9.59 Å². The Balaban J connectivity index is 1.54. The highest BCUT2D eigenvalue weighted by atomic mass is 16.4. The van der Waals surface area contributed by atoms with Crippen LogP contribution in [0.2, 0.25) is 0 Å². The second-order valence-corrected chi connectivity index (χ2v) is 6.28. The molecule has 2 N–H and O–H groups in total. The summed E-state index contributed by atoms with van der Waals surface area (Å²) >= 11 is 0. The average molecular weight is 342 g/mol. The van der Waals surface area contributed by atoms with Crippen LogP contribution in [0, 0.1) is 0 Å². The first kappa shape index (κ1) is 15.6. The van der Waals surface area contributed by atoms with Crippen molar-refractivity contribution in [3.8, 4) is 0 Å². The predicted octanol–water partition coefficient (Wildman–Crippen LogP) is 0.603. The van der Waals surface area contributed by atoms with Crippen LogP contribution >= 0.6 is 0 Å². The number of fused-ring (bicyclic) bond motifs is 1. The molecule has 0 spiro atoms. The number of rotatable bonds is 4. The van der Waals surface area contributed by atoms with Crippen LogP contribution in [-0.2, 0) is 13.6 Å². The van der Waals surface area contributed by atoms with Crippen molar-refractivity contribution in [2.24, 2.45) is 7.05 Å². The van der Waals surface area contributed by atoms with Crippen LogP contribution in [0.4, 0.5) is 0 Å². The van der Waals surface area contributed by atoms with Gasteiger partial charge in [-0.05, 0) is 18.6 Å². The summed E-state index contributed by atoms with van der Waals surface area (Å²) in [6.45, 7) is 2.05. The number of pyridine rings is 1. The molecule has 4 rings (SSSR count). The zero-order chi connectivity index (χ0) is 17.6. The van der Waals surface area contributed by atoms with Gasteiger partial charge in [-0.25, -0.2) is 19.6 Å². The van der Waals surface area contributed by atoms with Gasteiger partial charge in [0.25, 0.3) is 0 Å². The predicted molar refractivity (Wildman–Crippen MR) is 89.5 cm³/mol. The van der Waals surface area contributed by atoms with Crippen molar-refractivity contribution in [1.29, 1.82) is 0 Å². The van der Waals surface area contributed by atoms with Crippen LogP contribution in [0.1, 0.15) is 28.8 Å². The van der Waals surface area contributed by atoms with Gasteiger partial charge in [-0.15, -0.1) is 0 Å². The van der Waals surface area contributed by atoms with Gasteiger partial charge in [-0.2, -0.15) is 0 Å². The highest BCUT2D eigenvalue weighted by Crippen LogP contribution is 2.24. The van der Waals surface area contributed by atoms with Crippen LogP contribution in [0.5, 0.6) is 0 Å². The minimum atomic E-state index is -0.989. The molecule has 25 heavy (non-hydrogen) atoms. The molecule has 130 valence electrons. The summed E-state index contributed by atoms with van der Waals surface area (Å²) in [5.41, 5.74) is 1.43. The first-order valence-corrected chi connectivity index (χ1v) is 8.06. The van der Waals surface area contributed by atoms with Crippen LogP contribution in [0.3, 0.4) is 0 Å². The molecule has 4 heterocycles. The van der Waals surface area contributed by atoms with Gasteiger partial charge in [-0.3, -0.25) is 9.47 Å². The highest BCUT2D eigenvalue weighted by molar-refractivity contribution is 5.85. The standard InChI is InChI=1S/C16H18N6O3/c1-20-12(15(23)24)7-18-13(20)9-21-6-4-10(8-21)22-14-11(19-16(22)25)3-2-5-17-14/h2-3,5,7,10H,4,6,8-9H2,1H3,(H,19,25)(H,23,24)/t10-/m0/s1. The summed E-state index contributed by atoms with van der Waals surface area (Å²) in [5, 5.41) is 9.12. The Hall–Kier alpha value is -2.94. The van der Waals surface area contributed by atoms with E-state index in [-0.39, 0.29) is 17.4 Å². The van der Waals surface area contributed by atoms with E-state index in [1.165, 1.54) is 6.20 Å². The fourth-order valence-corrected chi connectivity index (χ4v) is 3.46. The lowest BCUT2D eigenvalue weighted by atomic mass is 10.2. The van der Waals surface area contributed by atoms with Crippen molar-refractivity contribution < 1.29 is 9.90 Å². The molecule has 9 heteroatoms. The number of imidazole rings is 2. The number of nitrogens with zero attached hydrogens (tertiary/aromatic N) is 5. The Morgan fingerprint density at radius 1 is 1.44 bits per heavy atom. The van der Waals surface area contributed by atoms with Crippen molar-refractivity contribution in [3.63, 3.8) is 0 Å². The third-order valence-corrected chi connectivity index (χ3v) is 4.76. The topological polar surface area (TPSA) is 109 Å². The highest BCUT2D eigenvalue weighted by Gasteiger charge is 2.28. The molecule has 3 aromatic heterocycles. The second kappa shape index (κ2) is 5.85. The number of nitrogens with one attached hydrogen (secondary N) is 1. The van der Waals surface area contributed by atoms with Gasteiger partial charge in [0.1, 0.15) is 11.5 Å². The second-order valence-electron chi connectivity index (χ2n) is 6.28. The number of carbonyl (C=O) groups is 1. The number of aromatic nitrogens is 5. The van der Waals surface area contributed by atoms with Gasteiger partial charge in [0, 0.05) is 26.3 Å². The van der Waals surface area contributed by atoms with E-state index < -0.39 is 5.97 Å². The molecular formula is C16H18N6O3. The van der Waals surface area contributed by atoms with Gasteiger partial charge in [0.05, 0.1) is 24.3 Å². The van der Waals surface area contributed by atoms with Gasteiger partial charge in [0.15, 0.2) is 5.65 Å². The van der Waals surface area contributed by atoms with Crippen LogP contribution in [-0.4, -0.2) is 53.2 Å². The molecule has 1 fully saturated rings. The maximum Gasteiger partial charge on any atom is 0.354 e. The van der Waals surface area contributed by atoms with E-state index in [0.717, 1.165) is 18.5 Å². The number of aromatic amines is 1. The van der Waals surface area contributed by atoms with Crippen LogP contribution in [0.25, 0.3) is 11.2 Å². The van der Waals surface area contributed by atoms with E-state index in [4.69, 9.17) is 5.11 Å². The number of carboxylic acids is 1. The number of aromatic carboxylic acids is 1. The van der Waals surface area contributed by atoms with Gasteiger partial charge < -0.3 is 14.7 Å². The van der Waals surface area contributed by atoms with E-state index in [0.29, 0.717) is 24.6 Å². The molecule has 1 aliphatic rings. The van der Waals surface area contributed by atoms with Crippen molar-refractivity contribution in [1.82, 2.24) is 29.0 Å². The lowest BCUT2D eigenvalue weighted by Gasteiger charge is -2.16. The molecule has 0 radical (unpaired) electrons. The summed E-state index contributed by atoms with van der Waals surface area (Å²) in [4.78, 5) is 37.0. The molecule has 0 aromatic carbocycles. The molecule has 1 aliphatic heterocycles. The van der Waals surface area contributed by atoms with Gasteiger partial charge >= 0.3 is 11.7 Å². The van der Waals surface area contributed by atoms with Crippen LogP contribution in [0.15, 0.2) is 29.3 Å². The number of hydrogen-bond donors (Lipinski definition) is 2. The number of hydrogen-bond acceptors (Lipinski definition) is 5. The molecule has 9 nitrogen and oxygen atoms in total. The molecule has 0 aliphatic carbocycles. The quantitative estimate of drug-likeness (QED) is 0.719. The Bertz CT molecular complexity index is 1000. The van der Waals surface area contributed by atoms with Crippen molar-refractivity contribution >= 4 is 17.1 Å². The molecule has 0 saturated carbocycles. The van der Waals surface area contributed by atoms with Crippen molar-refractivity contribution in [2.45, 2.75) is 19.0 Å². The Labute approximate surface area is 142 Å². The third-order valence-electron chi connectivity index (χ3n) is 4.76. The number of likely N-dealkylation sites (tertiary alicyclic amines) is 1. The molecular weight excluding hydrogens is 324 g/mol. The summed E-state index contributed by atoms with van der Waals surface area (Å²) in [6.07, 6.45) is 3.89. The van der Waals surface area contributed by atoms with E-state index >= 15 is 0 Å². The van der Waals surface area contributed by atoms with Gasteiger partial charge in [-0.1, -0.05) is 0 Å². The first-order chi connectivity index (χ1) is 12.0. The lowest BCUT2D eigenvalue weighted by Crippen LogP contribution is -2.27. The van der Waals surface area contributed by atoms with Crippen molar-refractivity contribution in [2.75, 3.05) is 13.1 Å². The molecule has 1 atom stereocenters. The van der Waals surface area contributed by atoms with Crippen LogP contribution < -0.4 is 5.69 Å². The van der Waals surface area contributed by atoms with Gasteiger partial charge in [0.2, 0.25) is 0 Å². The molecule has 0 amide bonds. The minimum Gasteiger partial charge on any atom is -0.477 e. The summed E-state index contributed by atoms with van der Waals surface area (Å²) in [6, 6.07) is 3.68. The van der Waals surface area contributed by atoms with E-state index in [1.807, 2.05) is 6.07 Å². The maximum atomic E-state index is 12.3. The average Bonchev–Trinajstić information content (AvgIpc) is 3.25. The van der Waals surface area contributed by atoms with E-state index in [2.05, 4.69) is 19.9 Å². The largest absolute Gasteiger partial charge is 0.477 e. The summed E-state index contributed by atoms with van der Waals surface area (Å²) in [5.74, 6) is -0.292. The smallest absolute Gasteiger partial charge is 0.354 e. The third kappa shape index (κ3) is 2.62. The Kier molecular flexibility index (Phi) is 3.65. The normalized spacial score (nSPS) is 18.2. The fourth-order valence-electron chi connectivity index (χ4n) is 3.46. The minimum absolute atomic E-state index is 0.0374. The summed E-state index contributed by atoms with van der Waals surface area (Å²) < 4.78 is 3.31. The molecule has 0 bridgehead atoms. The first-order valence-electron chi connectivity index (χ1n) is 8.06. The molecule has 1 saturated heterocycles. The number of H-pyrrole nitrogens is 1. The summed E-state index contributed by atoms with van der Waals surface area (Å²) in [7, 11) is 1.70. The zero-order valence-corrected chi connectivity index (χ0v) is 13.7. The molecule has 3 aromatic rings. The maximum absolute atomic E-state index is 12.3. The Morgan fingerprint density at radius 3 is 3.04 bits per heavy atom. The SMILES string of the molecule is Cn1c(C(=O)O)cnc1CN1CC[C@H](n2c(=O)[nH]c3cccnc32)C1. The monoisotopic (exact) mass is 342 g/mol. The zero-order valence-electron chi connectivity index (χ0n) is 13.7. The lowest BCUT2D eigenvalue weighted by molar-refractivity contribution is 0.0686. The Morgan fingerprint density at radius 2 is 2.28 bits per heavy atom. The van der Waals surface area contributed by atoms with E-state index in [1.54, 1.807) is 28.4 Å². The molecule has 0 unspecified atom stereocenters.